The van der Waals surface area contributed by atoms with Crippen LogP contribution in [0.25, 0.3) is 0 Å². The maximum atomic E-state index is 13.2. The zero-order valence-electron chi connectivity index (χ0n) is 16.3. The second kappa shape index (κ2) is 7.83. The van der Waals surface area contributed by atoms with E-state index in [2.05, 4.69) is 37.7 Å². The number of benzene rings is 1. The highest BCUT2D eigenvalue weighted by Crippen LogP contribution is 2.36. The van der Waals surface area contributed by atoms with Gasteiger partial charge >= 0.3 is 0 Å². The van der Waals surface area contributed by atoms with Crippen LogP contribution in [-0.2, 0) is 13.5 Å². The highest BCUT2D eigenvalue weighted by atomic mass is 35.5. The SMILES string of the molecule is Cn1cc(C#Cc2sc(N)c(C(=O)c3ccc(Cl)cc3)c2CC(C)(C)C)cn1. The van der Waals surface area contributed by atoms with Crippen molar-refractivity contribution in [1.29, 1.82) is 0 Å². The first-order valence-corrected chi connectivity index (χ1v) is 10.1. The molecule has 2 N–H and O–H groups in total. The van der Waals surface area contributed by atoms with E-state index in [1.165, 1.54) is 11.3 Å². The normalized spacial score (nSPS) is 11.2. The summed E-state index contributed by atoms with van der Waals surface area (Å²) in [6.45, 7) is 6.40. The minimum atomic E-state index is -0.0981. The van der Waals surface area contributed by atoms with E-state index >= 15 is 0 Å². The number of carbonyl (C=O) groups is 1. The van der Waals surface area contributed by atoms with E-state index in [1.54, 1.807) is 35.1 Å². The van der Waals surface area contributed by atoms with Gasteiger partial charge in [-0.15, -0.1) is 11.3 Å². The number of hydrogen-bond acceptors (Lipinski definition) is 4. The maximum absolute atomic E-state index is 13.2. The lowest BCUT2D eigenvalue weighted by Crippen LogP contribution is -2.14. The maximum Gasteiger partial charge on any atom is 0.196 e. The Hall–Kier alpha value is -2.55. The van der Waals surface area contributed by atoms with Crippen LogP contribution in [-0.4, -0.2) is 15.6 Å². The van der Waals surface area contributed by atoms with E-state index in [9.17, 15) is 4.79 Å². The summed E-state index contributed by atoms with van der Waals surface area (Å²) in [5.74, 6) is 6.23. The van der Waals surface area contributed by atoms with Gasteiger partial charge in [0.05, 0.1) is 27.2 Å². The summed E-state index contributed by atoms with van der Waals surface area (Å²) in [4.78, 5) is 14.0. The average molecular weight is 412 g/mol. The second-order valence-corrected chi connectivity index (χ2v) is 9.36. The van der Waals surface area contributed by atoms with E-state index in [1.807, 2.05) is 13.2 Å². The molecular weight excluding hydrogens is 390 g/mol. The summed E-state index contributed by atoms with van der Waals surface area (Å²) in [5.41, 5.74) is 9.12. The van der Waals surface area contributed by atoms with Crippen LogP contribution in [0.15, 0.2) is 36.7 Å². The molecule has 3 rings (SSSR count). The molecule has 0 bridgehead atoms. The predicted molar refractivity (Wildman–Crippen MR) is 116 cm³/mol. The van der Waals surface area contributed by atoms with Crippen molar-refractivity contribution in [3.63, 3.8) is 0 Å². The Morgan fingerprint density at radius 3 is 2.50 bits per heavy atom. The minimum absolute atomic E-state index is 0.0206. The number of aryl methyl sites for hydroxylation is 1. The largest absolute Gasteiger partial charge is 0.390 e. The lowest BCUT2D eigenvalue weighted by molar-refractivity contribution is 0.103. The van der Waals surface area contributed by atoms with Crippen LogP contribution in [0.5, 0.6) is 0 Å². The Labute approximate surface area is 174 Å². The molecule has 0 atom stereocenters. The van der Waals surface area contributed by atoms with Gasteiger partial charge in [-0.2, -0.15) is 5.10 Å². The van der Waals surface area contributed by atoms with Crippen LogP contribution in [0.4, 0.5) is 5.00 Å². The number of rotatable bonds is 3. The summed E-state index contributed by atoms with van der Waals surface area (Å²) in [6, 6.07) is 6.88. The van der Waals surface area contributed by atoms with Crippen LogP contribution in [0.3, 0.4) is 0 Å². The van der Waals surface area contributed by atoms with Crippen molar-refractivity contribution in [3.8, 4) is 11.8 Å². The second-order valence-electron chi connectivity index (χ2n) is 7.88. The van der Waals surface area contributed by atoms with Gasteiger partial charge in [0.15, 0.2) is 5.78 Å². The standard InChI is InChI=1S/C22H22ClN3OS/c1-22(2,3)11-17-18(10-5-14-12-25-26(4)13-14)28-21(24)19(17)20(27)15-6-8-16(23)9-7-15/h6-9,12-13H,11,24H2,1-4H3. The van der Waals surface area contributed by atoms with Gasteiger partial charge in [-0.1, -0.05) is 44.2 Å². The van der Waals surface area contributed by atoms with Crippen LogP contribution >= 0.6 is 22.9 Å². The molecule has 0 aliphatic rings. The van der Waals surface area contributed by atoms with Crippen LogP contribution in [0.2, 0.25) is 5.02 Å². The molecule has 0 spiro atoms. The molecule has 0 saturated carbocycles. The van der Waals surface area contributed by atoms with Crippen molar-refractivity contribution in [2.75, 3.05) is 5.73 Å². The van der Waals surface area contributed by atoms with Gasteiger partial charge in [-0.3, -0.25) is 9.48 Å². The lowest BCUT2D eigenvalue weighted by Gasteiger charge is -2.19. The van der Waals surface area contributed by atoms with Gasteiger partial charge in [0, 0.05) is 23.8 Å². The zero-order valence-corrected chi connectivity index (χ0v) is 17.9. The molecule has 2 aromatic heterocycles. The molecule has 4 nitrogen and oxygen atoms in total. The molecule has 0 radical (unpaired) electrons. The van der Waals surface area contributed by atoms with Gasteiger partial charge in [0.2, 0.25) is 0 Å². The van der Waals surface area contributed by atoms with Crippen LogP contribution < -0.4 is 5.73 Å². The molecule has 2 heterocycles. The Balaban J connectivity index is 2.09. The average Bonchev–Trinajstić information content (AvgIpc) is 3.15. The number of ketones is 1. The number of hydrogen-bond donors (Lipinski definition) is 1. The van der Waals surface area contributed by atoms with Crippen LogP contribution in [0.1, 0.15) is 52.7 Å². The van der Waals surface area contributed by atoms with Gasteiger partial charge in [-0.05, 0) is 41.7 Å². The molecule has 3 aromatic rings. The lowest BCUT2D eigenvalue weighted by atomic mass is 9.85. The molecule has 0 fully saturated rings. The third kappa shape index (κ3) is 4.64. The minimum Gasteiger partial charge on any atom is -0.390 e. The molecule has 28 heavy (non-hydrogen) atoms. The summed E-state index contributed by atoms with van der Waals surface area (Å²) in [6.07, 6.45) is 4.27. The molecule has 0 amide bonds. The number of nitrogens with zero attached hydrogens (tertiary/aromatic N) is 2. The fraction of sp³-hybridized carbons (Fsp3) is 0.273. The third-order valence-corrected chi connectivity index (χ3v) is 5.33. The van der Waals surface area contributed by atoms with Gasteiger partial charge < -0.3 is 5.73 Å². The highest BCUT2D eigenvalue weighted by Gasteiger charge is 2.26. The zero-order chi connectivity index (χ0) is 20.5. The fourth-order valence-electron chi connectivity index (χ4n) is 2.89. The molecule has 0 aliphatic heterocycles. The predicted octanol–water partition coefficient (Wildman–Crippen LogP) is 4.94. The van der Waals surface area contributed by atoms with Gasteiger partial charge in [0.25, 0.3) is 0 Å². The van der Waals surface area contributed by atoms with Crippen molar-refractivity contribution in [1.82, 2.24) is 9.78 Å². The van der Waals surface area contributed by atoms with Crippen molar-refractivity contribution in [2.24, 2.45) is 12.5 Å². The van der Waals surface area contributed by atoms with Crippen molar-refractivity contribution >= 4 is 33.7 Å². The van der Waals surface area contributed by atoms with E-state index in [-0.39, 0.29) is 11.2 Å². The topological polar surface area (TPSA) is 60.9 Å². The van der Waals surface area contributed by atoms with E-state index in [0.717, 1.165) is 16.0 Å². The van der Waals surface area contributed by atoms with Crippen molar-refractivity contribution in [3.05, 3.63) is 68.8 Å². The summed E-state index contributed by atoms with van der Waals surface area (Å²) in [5, 5.41) is 5.22. The first kappa shape index (κ1) is 20.2. The van der Waals surface area contributed by atoms with Gasteiger partial charge in [-0.25, -0.2) is 0 Å². The van der Waals surface area contributed by atoms with Crippen molar-refractivity contribution in [2.45, 2.75) is 27.2 Å². The summed E-state index contributed by atoms with van der Waals surface area (Å²) < 4.78 is 1.71. The number of nitrogen functional groups attached to an aromatic ring is 1. The highest BCUT2D eigenvalue weighted by molar-refractivity contribution is 7.17. The number of halogens is 1. The molecule has 0 saturated heterocycles. The summed E-state index contributed by atoms with van der Waals surface area (Å²) >= 11 is 7.32. The van der Waals surface area contributed by atoms with E-state index in [0.29, 0.717) is 27.6 Å². The first-order chi connectivity index (χ1) is 13.1. The Kier molecular flexibility index (Phi) is 5.64. The summed E-state index contributed by atoms with van der Waals surface area (Å²) in [7, 11) is 1.85. The quantitative estimate of drug-likeness (QED) is 0.490. The first-order valence-electron chi connectivity index (χ1n) is 8.86. The molecule has 144 valence electrons. The van der Waals surface area contributed by atoms with Crippen molar-refractivity contribution < 1.29 is 4.79 Å². The number of anilines is 1. The monoisotopic (exact) mass is 411 g/mol. The van der Waals surface area contributed by atoms with E-state index < -0.39 is 0 Å². The smallest absolute Gasteiger partial charge is 0.196 e. The number of aromatic nitrogens is 2. The molecule has 6 heteroatoms. The molecule has 1 aromatic carbocycles. The molecular formula is C22H22ClN3OS. The molecule has 0 unspecified atom stereocenters. The molecule has 0 aliphatic carbocycles. The fourth-order valence-corrected chi connectivity index (χ4v) is 3.96. The number of nitrogens with two attached hydrogens (primary N) is 1. The Bertz CT molecular complexity index is 1080. The van der Waals surface area contributed by atoms with Gasteiger partial charge in [0.1, 0.15) is 0 Å². The Morgan fingerprint density at radius 1 is 1.25 bits per heavy atom. The van der Waals surface area contributed by atoms with Crippen LogP contribution in [0, 0.1) is 17.3 Å². The van der Waals surface area contributed by atoms with E-state index in [4.69, 9.17) is 17.3 Å². The number of thiophene rings is 1. The Morgan fingerprint density at radius 2 is 1.93 bits per heavy atom. The number of carbonyl (C=O) groups excluding carboxylic acids is 1. The third-order valence-electron chi connectivity index (χ3n) is 4.10.